The molecule has 3 rings (SSSR count). The van der Waals surface area contributed by atoms with Crippen LogP contribution in [0.2, 0.25) is 0 Å². The molecule has 0 heterocycles. The summed E-state index contributed by atoms with van der Waals surface area (Å²) in [7, 11) is 0. The third-order valence-electron chi connectivity index (χ3n) is 4.72. The van der Waals surface area contributed by atoms with E-state index in [-0.39, 0.29) is 11.8 Å². The Hall–Kier alpha value is -3.05. The minimum absolute atomic E-state index is 0.0239. The topological polar surface area (TPSA) is 58.2 Å². The molecular formula is C25H26N2O2S. The first kappa shape index (κ1) is 21.7. The summed E-state index contributed by atoms with van der Waals surface area (Å²) in [5, 5.41) is 5.95. The van der Waals surface area contributed by atoms with Crippen molar-refractivity contribution < 1.29 is 9.59 Å². The van der Waals surface area contributed by atoms with Gasteiger partial charge >= 0.3 is 0 Å². The highest BCUT2D eigenvalue weighted by Gasteiger charge is 2.09. The number of nitrogens with one attached hydrogen (secondary N) is 2. The van der Waals surface area contributed by atoms with Crippen molar-refractivity contribution in [3.63, 3.8) is 0 Å². The molecule has 3 aromatic carbocycles. The second kappa shape index (κ2) is 10.6. The van der Waals surface area contributed by atoms with Crippen molar-refractivity contribution in [1.29, 1.82) is 0 Å². The van der Waals surface area contributed by atoms with Gasteiger partial charge in [0.15, 0.2) is 0 Å². The second-order valence-electron chi connectivity index (χ2n) is 7.03. The van der Waals surface area contributed by atoms with Gasteiger partial charge in [0, 0.05) is 16.3 Å². The van der Waals surface area contributed by atoms with E-state index >= 15 is 0 Å². The summed E-state index contributed by atoms with van der Waals surface area (Å²) < 4.78 is 0. The van der Waals surface area contributed by atoms with Crippen molar-refractivity contribution in [2.45, 2.75) is 31.6 Å². The first-order chi connectivity index (χ1) is 14.5. The molecule has 0 aliphatic rings. The Morgan fingerprint density at radius 2 is 1.57 bits per heavy atom. The summed E-state index contributed by atoms with van der Waals surface area (Å²) in [6.07, 6.45) is 1.22. The maximum Gasteiger partial charge on any atom is 0.234 e. The summed E-state index contributed by atoms with van der Waals surface area (Å²) in [5.41, 5.74) is 4.86. The van der Waals surface area contributed by atoms with Crippen molar-refractivity contribution in [1.82, 2.24) is 0 Å². The molecular weight excluding hydrogens is 392 g/mol. The van der Waals surface area contributed by atoms with Gasteiger partial charge in [-0.3, -0.25) is 9.59 Å². The van der Waals surface area contributed by atoms with Gasteiger partial charge in [-0.05, 0) is 54.3 Å². The number of hydrogen-bond acceptors (Lipinski definition) is 3. The van der Waals surface area contributed by atoms with Crippen LogP contribution in [-0.2, 0) is 22.4 Å². The van der Waals surface area contributed by atoms with Crippen LogP contribution in [0.4, 0.5) is 11.4 Å². The van der Waals surface area contributed by atoms with Gasteiger partial charge in [0.05, 0.1) is 12.2 Å². The number of benzene rings is 3. The fourth-order valence-corrected chi connectivity index (χ4v) is 3.85. The maximum absolute atomic E-state index is 12.4. The predicted molar refractivity (Wildman–Crippen MR) is 125 cm³/mol. The molecule has 154 valence electrons. The summed E-state index contributed by atoms with van der Waals surface area (Å²) in [4.78, 5) is 25.5. The van der Waals surface area contributed by atoms with Crippen LogP contribution in [0.5, 0.6) is 0 Å². The quantitative estimate of drug-likeness (QED) is 0.477. The molecule has 0 unspecified atom stereocenters. The van der Waals surface area contributed by atoms with Crippen LogP contribution >= 0.6 is 11.8 Å². The van der Waals surface area contributed by atoms with E-state index in [2.05, 4.69) is 17.6 Å². The highest BCUT2D eigenvalue weighted by molar-refractivity contribution is 8.00. The first-order valence-electron chi connectivity index (χ1n) is 10.00. The molecule has 30 heavy (non-hydrogen) atoms. The first-order valence-corrected chi connectivity index (χ1v) is 11.0. The number of para-hydroxylation sites is 1. The number of carbonyl (C=O) groups excluding carboxylic acids is 2. The largest absolute Gasteiger partial charge is 0.326 e. The summed E-state index contributed by atoms with van der Waals surface area (Å²) >= 11 is 1.47. The molecule has 0 atom stereocenters. The molecule has 0 aliphatic heterocycles. The number of amides is 2. The Morgan fingerprint density at radius 1 is 0.833 bits per heavy atom. The fourth-order valence-electron chi connectivity index (χ4n) is 3.15. The molecule has 0 bridgehead atoms. The predicted octanol–water partition coefficient (Wildman–Crippen LogP) is 5.47. The minimum Gasteiger partial charge on any atom is -0.326 e. The van der Waals surface area contributed by atoms with Crippen molar-refractivity contribution in [2.75, 3.05) is 16.4 Å². The van der Waals surface area contributed by atoms with Crippen molar-refractivity contribution in [2.24, 2.45) is 0 Å². The van der Waals surface area contributed by atoms with E-state index in [9.17, 15) is 9.59 Å². The van der Waals surface area contributed by atoms with Gasteiger partial charge in [-0.15, -0.1) is 11.8 Å². The smallest absolute Gasteiger partial charge is 0.234 e. The van der Waals surface area contributed by atoms with E-state index < -0.39 is 0 Å². The molecule has 4 nitrogen and oxygen atoms in total. The molecule has 0 radical (unpaired) electrons. The van der Waals surface area contributed by atoms with Crippen molar-refractivity contribution in [3.05, 3.63) is 89.5 Å². The maximum atomic E-state index is 12.4. The van der Waals surface area contributed by atoms with E-state index in [1.807, 2.05) is 79.7 Å². The average molecular weight is 419 g/mol. The summed E-state index contributed by atoms with van der Waals surface area (Å²) in [5.74, 6) is 0.257. The van der Waals surface area contributed by atoms with Crippen molar-refractivity contribution >= 4 is 35.0 Å². The molecule has 2 amide bonds. The Labute approximate surface area is 182 Å². The van der Waals surface area contributed by atoms with Gasteiger partial charge in [0.1, 0.15) is 0 Å². The second-order valence-corrected chi connectivity index (χ2v) is 8.08. The van der Waals surface area contributed by atoms with E-state index in [1.165, 1.54) is 11.8 Å². The summed E-state index contributed by atoms with van der Waals surface area (Å²) in [6.45, 7) is 4.09. The standard InChI is InChI=1S/C25H26N2O2S/c1-3-20-11-7-8-18(2)25(20)27-24(29)17-30-22-14-12-21(13-15-22)26-23(28)16-19-9-5-4-6-10-19/h4-15H,3,16-17H2,1-2H3,(H,26,28)(H,27,29). The zero-order valence-corrected chi connectivity index (χ0v) is 18.1. The lowest BCUT2D eigenvalue weighted by atomic mass is 10.1. The van der Waals surface area contributed by atoms with Crippen molar-refractivity contribution in [3.8, 4) is 0 Å². The van der Waals surface area contributed by atoms with Gasteiger partial charge in [-0.1, -0.05) is 55.5 Å². The Balaban J connectivity index is 1.50. The van der Waals surface area contributed by atoms with E-state index in [0.717, 1.165) is 39.4 Å². The molecule has 3 aromatic rings. The van der Waals surface area contributed by atoms with Gasteiger partial charge in [-0.2, -0.15) is 0 Å². The van der Waals surface area contributed by atoms with Gasteiger partial charge < -0.3 is 10.6 Å². The van der Waals surface area contributed by atoms with Gasteiger partial charge in [-0.25, -0.2) is 0 Å². The molecule has 2 N–H and O–H groups in total. The molecule has 5 heteroatoms. The highest BCUT2D eigenvalue weighted by Crippen LogP contribution is 2.23. The zero-order valence-electron chi connectivity index (χ0n) is 17.3. The number of hydrogen-bond donors (Lipinski definition) is 2. The number of anilines is 2. The fraction of sp³-hybridized carbons (Fsp3) is 0.200. The number of carbonyl (C=O) groups is 2. The van der Waals surface area contributed by atoms with Crippen LogP contribution in [0.3, 0.4) is 0 Å². The molecule has 0 spiro atoms. The Morgan fingerprint density at radius 3 is 2.27 bits per heavy atom. The lowest BCUT2D eigenvalue weighted by Gasteiger charge is -2.13. The SMILES string of the molecule is CCc1cccc(C)c1NC(=O)CSc1ccc(NC(=O)Cc2ccccc2)cc1. The van der Waals surface area contributed by atoms with E-state index in [1.54, 1.807) is 0 Å². The van der Waals surface area contributed by atoms with Crippen LogP contribution in [0, 0.1) is 6.92 Å². The van der Waals surface area contributed by atoms with Crippen LogP contribution in [0.15, 0.2) is 77.7 Å². The molecule has 0 aliphatic carbocycles. The lowest BCUT2D eigenvalue weighted by Crippen LogP contribution is -2.16. The minimum atomic E-state index is -0.0501. The molecule has 0 saturated heterocycles. The monoisotopic (exact) mass is 418 g/mol. The third-order valence-corrected chi connectivity index (χ3v) is 5.73. The molecule has 0 fully saturated rings. The number of thioether (sulfide) groups is 1. The summed E-state index contributed by atoms with van der Waals surface area (Å²) in [6, 6.07) is 23.3. The van der Waals surface area contributed by atoms with Crippen LogP contribution in [0.25, 0.3) is 0 Å². The molecule has 0 saturated carbocycles. The van der Waals surface area contributed by atoms with E-state index in [0.29, 0.717) is 12.2 Å². The van der Waals surface area contributed by atoms with Crippen LogP contribution < -0.4 is 10.6 Å². The average Bonchev–Trinajstić information content (AvgIpc) is 2.75. The Bertz CT molecular complexity index is 1000. The lowest BCUT2D eigenvalue weighted by molar-refractivity contribution is -0.115. The van der Waals surface area contributed by atoms with E-state index in [4.69, 9.17) is 0 Å². The van der Waals surface area contributed by atoms with Crippen LogP contribution in [0.1, 0.15) is 23.6 Å². The Kier molecular flexibility index (Phi) is 7.69. The highest BCUT2D eigenvalue weighted by atomic mass is 32.2. The number of rotatable bonds is 8. The molecule has 0 aromatic heterocycles. The normalized spacial score (nSPS) is 10.5. The third kappa shape index (κ3) is 6.22. The van der Waals surface area contributed by atoms with Gasteiger partial charge in [0.2, 0.25) is 11.8 Å². The van der Waals surface area contributed by atoms with Gasteiger partial charge in [0.25, 0.3) is 0 Å². The zero-order chi connectivity index (χ0) is 21.3. The number of aryl methyl sites for hydroxylation is 2. The van der Waals surface area contributed by atoms with Crippen LogP contribution in [-0.4, -0.2) is 17.6 Å².